The van der Waals surface area contributed by atoms with Crippen molar-refractivity contribution in [2.45, 2.75) is 19.8 Å². The number of carboxylic acid groups (broad SMARTS) is 1. The number of anilines is 2. The summed E-state index contributed by atoms with van der Waals surface area (Å²) >= 11 is 0. The fourth-order valence-corrected chi connectivity index (χ4v) is 1.49. The molecule has 0 heterocycles. The predicted molar refractivity (Wildman–Crippen MR) is 72.0 cm³/mol. The van der Waals surface area contributed by atoms with Gasteiger partial charge in [-0.3, -0.25) is 0 Å². The molecule has 0 saturated heterocycles. The van der Waals surface area contributed by atoms with Crippen LogP contribution in [-0.4, -0.2) is 30.8 Å². The van der Waals surface area contributed by atoms with Crippen molar-refractivity contribution in [2.24, 2.45) is 0 Å². The number of nitrogens with two attached hydrogens (primary N) is 1. The lowest BCUT2D eigenvalue weighted by Gasteiger charge is -2.10. The molecular weight excluding hydrogens is 232 g/mol. The van der Waals surface area contributed by atoms with Gasteiger partial charge in [-0.15, -0.1) is 0 Å². The van der Waals surface area contributed by atoms with Gasteiger partial charge in [0.05, 0.1) is 16.9 Å². The van der Waals surface area contributed by atoms with E-state index in [-0.39, 0.29) is 5.56 Å². The Kier molecular flexibility index (Phi) is 6.00. The van der Waals surface area contributed by atoms with Gasteiger partial charge in [-0.2, -0.15) is 0 Å². The van der Waals surface area contributed by atoms with E-state index in [1.165, 1.54) is 6.07 Å². The number of rotatable bonds is 8. The van der Waals surface area contributed by atoms with Gasteiger partial charge >= 0.3 is 5.97 Å². The Bertz CT molecular complexity index is 394. The van der Waals surface area contributed by atoms with Crippen LogP contribution in [-0.2, 0) is 4.74 Å². The number of carbonyl (C=O) groups is 1. The highest BCUT2D eigenvalue weighted by atomic mass is 16.5. The molecule has 0 atom stereocenters. The first-order valence-electron chi connectivity index (χ1n) is 6.09. The van der Waals surface area contributed by atoms with Crippen LogP contribution in [0.2, 0.25) is 0 Å². The quantitative estimate of drug-likeness (QED) is 0.488. The minimum Gasteiger partial charge on any atom is -0.478 e. The first-order chi connectivity index (χ1) is 8.65. The molecule has 0 saturated carbocycles. The topological polar surface area (TPSA) is 84.6 Å². The molecule has 0 unspecified atom stereocenters. The second kappa shape index (κ2) is 7.55. The molecule has 0 fully saturated rings. The highest BCUT2D eigenvalue weighted by molar-refractivity contribution is 5.90. The molecular formula is C13H20N2O3. The Hall–Kier alpha value is -1.75. The van der Waals surface area contributed by atoms with E-state index < -0.39 is 5.97 Å². The highest BCUT2D eigenvalue weighted by Gasteiger charge is 2.05. The molecule has 0 aromatic heterocycles. The first kappa shape index (κ1) is 14.3. The number of hydrogen-bond acceptors (Lipinski definition) is 4. The molecule has 0 aliphatic rings. The van der Waals surface area contributed by atoms with Crippen LogP contribution in [0.15, 0.2) is 18.2 Å². The first-order valence-corrected chi connectivity index (χ1v) is 6.09. The van der Waals surface area contributed by atoms with E-state index >= 15 is 0 Å². The Balaban J connectivity index is 2.41. The van der Waals surface area contributed by atoms with Crippen molar-refractivity contribution in [3.63, 3.8) is 0 Å². The van der Waals surface area contributed by atoms with Crippen LogP contribution in [0.1, 0.15) is 30.1 Å². The van der Waals surface area contributed by atoms with Gasteiger partial charge < -0.3 is 20.9 Å². The number of aromatic carboxylic acids is 1. The third-order valence-electron chi connectivity index (χ3n) is 2.43. The van der Waals surface area contributed by atoms with E-state index in [4.69, 9.17) is 15.6 Å². The summed E-state index contributed by atoms with van der Waals surface area (Å²) in [5, 5.41) is 12.0. The third kappa shape index (κ3) is 4.63. The Labute approximate surface area is 107 Å². The fraction of sp³-hybridized carbons (Fsp3) is 0.462. The maximum absolute atomic E-state index is 10.8. The molecule has 5 nitrogen and oxygen atoms in total. The molecule has 0 aliphatic carbocycles. The zero-order valence-corrected chi connectivity index (χ0v) is 10.6. The largest absolute Gasteiger partial charge is 0.478 e. The molecule has 1 rings (SSSR count). The van der Waals surface area contributed by atoms with Crippen molar-refractivity contribution >= 4 is 17.3 Å². The number of benzene rings is 1. The number of hydrogen-bond donors (Lipinski definition) is 3. The maximum atomic E-state index is 10.8. The number of nitrogen functional groups attached to an aromatic ring is 1. The van der Waals surface area contributed by atoms with Gasteiger partial charge in [-0.25, -0.2) is 4.79 Å². The van der Waals surface area contributed by atoms with E-state index in [1.807, 2.05) is 0 Å². The van der Waals surface area contributed by atoms with E-state index in [0.29, 0.717) is 24.5 Å². The summed E-state index contributed by atoms with van der Waals surface area (Å²) in [4.78, 5) is 10.8. The van der Waals surface area contributed by atoms with Crippen molar-refractivity contribution in [2.75, 3.05) is 30.8 Å². The standard InChI is InChI=1S/C13H20N2O3/c1-2-7-18-8-3-6-15-12-9-10(13(16)17)4-5-11(12)14/h4-5,9,15H,2-3,6-8,14H2,1H3,(H,16,17). The fourth-order valence-electron chi connectivity index (χ4n) is 1.49. The average molecular weight is 252 g/mol. The summed E-state index contributed by atoms with van der Waals surface area (Å²) in [5.41, 5.74) is 7.20. The van der Waals surface area contributed by atoms with Gasteiger partial charge in [0.25, 0.3) is 0 Å². The Morgan fingerprint density at radius 1 is 1.44 bits per heavy atom. The molecule has 0 radical (unpaired) electrons. The molecule has 100 valence electrons. The smallest absolute Gasteiger partial charge is 0.335 e. The van der Waals surface area contributed by atoms with Crippen LogP contribution in [0.5, 0.6) is 0 Å². The van der Waals surface area contributed by atoms with Gasteiger partial charge in [-0.05, 0) is 31.0 Å². The molecule has 1 aromatic carbocycles. The van der Waals surface area contributed by atoms with Crippen molar-refractivity contribution in [3.05, 3.63) is 23.8 Å². The number of nitrogens with one attached hydrogen (secondary N) is 1. The summed E-state index contributed by atoms with van der Waals surface area (Å²) < 4.78 is 5.35. The van der Waals surface area contributed by atoms with E-state index in [2.05, 4.69) is 12.2 Å². The minimum atomic E-state index is -0.954. The highest BCUT2D eigenvalue weighted by Crippen LogP contribution is 2.19. The zero-order chi connectivity index (χ0) is 13.4. The van der Waals surface area contributed by atoms with Crippen molar-refractivity contribution in [3.8, 4) is 0 Å². The SMILES string of the molecule is CCCOCCCNc1cc(C(=O)O)ccc1N. The molecule has 5 heteroatoms. The van der Waals surface area contributed by atoms with E-state index in [0.717, 1.165) is 19.4 Å². The van der Waals surface area contributed by atoms with Crippen molar-refractivity contribution in [1.82, 2.24) is 0 Å². The van der Waals surface area contributed by atoms with Crippen LogP contribution in [0.3, 0.4) is 0 Å². The van der Waals surface area contributed by atoms with Crippen LogP contribution in [0.25, 0.3) is 0 Å². The molecule has 4 N–H and O–H groups in total. The lowest BCUT2D eigenvalue weighted by Crippen LogP contribution is -2.08. The minimum absolute atomic E-state index is 0.230. The molecule has 0 bridgehead atoms. The summed E-state index contributed by atoms with van der Waals surface area (Å²) in [6.45, 7) is 4.24. The maximum Gasteiger partial charge on any atom is 0.335 e. The van der Waals surface area contributed by atoms with Crippen LogP contribution >= 0.6 is 0 Å². The molecule has 0 spiro atoms. The molecule has 0 aliphatic heterocycles. The van der Waals surface area contributed by atoms with Gasteiger partial charge in [0.15, 0.2) is 0 Å². The summed E-state index contributed by atoms with van der Waals surface area (Å²) in [5.74, 6) is -0.954. The Morgan fingerprint density at radius 2 is 2.22 bits per heavy atom. The average Bonchev–Trinajstić information content (AvgIpc) is 2.35. The Morgan fingerprint density at radius 3 is 2.89 bits per heavy atom. The number of ether oxygens (including phenoxy) is 1. The van der Waals surface area contributed by atoms with Crippen molar-refractivity contribution in [1.29, 1.82) is 0 Å². The lowest BCUT2D eigenvalue weighted by molar-refractivity contribution is 0.0697. The third-order valence-corrected chi connectivity index (χ3v) is 2.43. The lowest BCUT2D eigenvalue weighted by atomic mass is 10.1. The second-order valence-corrected chi connectivity index (χ2v) is 4.00. The summed E-state index contributed by atoms with van der Waals surface area (Å²) in [6.07, 6.45) is 1.87. The molecule has 1 aromatic rings. The summed E-state index contributed by atoms with van der Waals surface area (Å²) in [6, 6.07) is 4.64. The monoisotopic (exact) mass is 252 g/mol. The van der Waals surface area contributed by atoms with Gasteiger partial charge in [0.1, 0.15) is 0 Å². The van der Waals surface area contributed by atoms with E-state index in [9.17, 15) is 4.79 Å². The van der Waals surface area contributed by atoms with Gasteiger partial charge in [0.2, 0.25) is 0 Å². The second-order valence-electron chi connectivity index (χ2n) is 4.00. The zero-order valence-electron chi connectivity index (χ0n) is 10.6. The predicted octanol–water partition coefficient (Wildman–Crippen LogP) is 2.20. The summed E-state index contributed by atoms with van der Waals surface area (Å²) in [7, 11) is 0. The van der Waals surface area contributed by atoms with E-state index in [1.54, 1.807) is 12.1 Å². The molecule has 18 heavy (non-hydrogen) atoms. The normalized spacial score (nSPS) is 10.3. The molecule has 0 amide bonds. The van der Waals surface area contributed by atoms with Gasteiger partial charge in [-0.1, -0.05) is 6.92 Å². The van der Waals surface area contributed by atoms with Crippen LogP contribution in [0.4, 0.5) is 11.4 Å². The van der Waals surface area contributed by atoms with Gasteiger partial charge in [0, 0.05) is 19.8 Å². The van der Waals surface area contributed by atoms with Crippen LogP contribution < -0.4 is 11.1 Å². The van der Waals surface area contributed by atoms with Crippen LogP contribution in [0, 0.1) is 0 Å². The van der Waals surface area contributed by atoms with Crippen molar-refractivity contribution < 1.29 is 14.6 Å². The number of carboxylic acids is 1.